The van der Waals surface area contributed by atoms with Crippen LogP contribution in [0, 0.1) is 6.92 Å². The minimum atomic E-state index is -0.724. The normalized spacial score (nSPS) is 19.0. The van der Waals surface area contributed by atoms with Crippen LogP contribution >= 0.6 is 11.6 Å². The molecule has 1 aromatic rings. The second-order valence-electron chi connectivity index (χ2n) is 8.95. The monoisotopic (exact) mass is 476 g/mol. The zero-order chi connectivity index (χ0) is 24.9. The van der Waals surface area contributed by atoms with Crippen molar-refractivity contribution in [1.82, 2.24) is 0 Å². The largest absolute Gasteiger partial charge is 0.507 e. The standard InChI is InChI=1S/C25H33ClN2O5/c1-14(7-6-8-15(2)19-11-20(29)25(4,5)33-19)9-10-17-23(31)18(12-28-13-21(27)30)16(3)22(26)24(17)32/h8-9,12,19,31-32H,6-7,10-11,13H2,1-5H3,(H2,27,30)/b14-9+,15-8+,28-12?/t19-/m0/s1. The molecule has 2 rings (SSSR count). The molecule has 1 fully saturated rings. The summed E-state index contributed by atoms with van der Waals surface area (Å²) >= 11 is 6.25. The van der Waals surface area contributed by atoms with E-state index in [2.05, 4.69) is 11.1 Å². The lowest BCUT2D eigenvalue weighted by molar-refractivity contribution is -0.129. The van der Waals surface area contributed by atoms with E-state index in [1.54, 1.807) is 20.8 Å². The number of carbonyl (C=O) groups excluding carboxylic acids is 2. The lowest BCUT2D eigenvalue weighted by Gasteiger charge is -2.18. The van der Waals surface area contributed by atoms with Crippen molar-refractivity contribution in [3.05, 3.63) is 45.0 Å². The summed E-state index contributed by atoms with van der Waals surface area (Å²) in [5.41, 5.74) is 7.57. The van der Waals surface area contributed by atoms with Crippen molar-refractivity contribution < 1.29 is 24.5 Å². The number of hydrogen-bond donors (Lipinski definition) is 3. The Morgan fingerprint density at radius 3 is 2.52 bits per heavy atom. The average molecular weight is 477 g/mol. The van der Waals surface area contributed by atoms with E-state index in [4.69, 9.17) is 22.1 Å². The summed E-state index contributed by atoms with van der Waals surface area (Å²) < 4.78 is 5.85. The highest BCUT2D eigenvalue weighted by molar-refractivity contribution is 6.33. The van der Waals surface area contributed by atoms with E-state index >= 15 is 0 Å². The summed E-state index contributed by atoms with van der Waals surface area (Å²) in [6.07, 6.45) is 7.41. The topological polar surface area (TPSA) is 122 Å². The lowest BCUT2D eigenvalue weighted by atomic mass is 9.98. The van der Waals surface area contributed by atoms with Crippen LogP contribution in [0.1, 0.15) is 63.6 Å². The molecule has 0 saturated carbocycles. The molecule has 0 unspecified atom stereocenters. The van der Waals surface area contributed by atoms with Gasteiger partial charge in [-0.3, -0.25) is 14.6 Å². The number of primary amides is 1. The highest BCUT2D eigenvalue weighted by Crippen LogP contribution is 2.40. The van der Waals surface area contributed by atoms with E-state index in [0.717, 1.165) is 24.0 Å². The molecule has 1 aliphatic rings. The Hall–Kier alpha value is -2.64. The maximum atomic E-state index is 12.0. The first-order chi connectivity index (χ1) is 15.3. The van der Waals surface area contributed by atoms with Gasteiger partial charge < -0.3 is 20.7 Å². The van der Waals surface area contributed by atoms with Crippen molar-refractivity contribution in [2.75, 3.05) is 6.54 Å². The average Bonchev–Trinajstić information content (AvgIpc) is 3.01. The molecule has 1 amide bonds. The van der Waals surface area contributed by atoms with Gasteiger partial charge in [0.2, 0.25) is 5.91 Å². The number of nitrogens with two attached hydrogens (primary N) is 1. The molecule has 1 aliphatic heterocycles. The van der Waals surface area contributed by atoms with Crippen molar-refractivity contribution in [3.8, 4) is 11.5 Å². The maximum Gasteiger partial charge on any atom is 0.239 e. The molecule has 33 heavy (non-hydrogen) atoms. The SMILES string of the molecule is C/C(=C\Cc1c(O)c(Cl)c(C)c(C=NCC(N)=O)c1O)CC/C=C(\C)[C@@H]1CC(=O)C(C)(C)O1. The Kier molecular flexibility index (Phi) is 8.86. The summed E-state index contributed by atoms with van der Waals surface area (Å²) in [5.74, 6) is -0.782. The Morgan fingerprint density at radius 1 is 1.27 bits per heavy atom. The third-order valence-corrected chi connectivity index (χ3v) is 6.34. The van der Waals surface area contributed by atoms with Gasteiger partial charge in [-0.15, -0.1) is 0 Å². The zero-order valence-corrected chi connectivity index (χ0v) is 20.6. The van der Waals surface area contributed by atoms with Gasteiger partial charge in [-0.05, 0) is 65.0 Å². The van der Waals surface area contributed by atoms with Crippen molar-refractivity contribution in [2.45, 2.75) is 72.0 Å². The molecule has 1 saturated heterocycles. The molecule has 1 aromatic carbocycles. The molecule has 1 heterocycles. The molecule has 8 heteroatoms. The fraction of sp³-hybridized carbons (Fsp3) is 0.480. The highest BCUT2D eigenvalue weighted by atomic mass is 35.5. The second-order valence-corrected chi connectivity index (χ2v) is 9.33. The number of allylic oxidation sites excluding steroid dienone is 3. The van der Waals surface area contributed by atoms with Crippen LogP contribution in [0.3, 0.4) is 0 Å². The number of benzene rings is 1. The summed E-state index contributed by atoms with van der Waals surface area (Å²) in [6, 6.07) is 0. The van der Waals surface area contributed by atoms with Crippen molar-refractivity contribution in [3.63, 3.8) is 0 Å². The third-order valence-electron chi connectivity index (χ3n) is 5.88. The van der Waals surface area contributed by atoms with Gasteiger partial charge in [-0.1, -0.05) is 29.3 Å². The predicted molar refractivity (Wildman–Crippen MR) is 130 cm³/mol. The number of nitrogens with zero attached hydrogens (tertiary/aromatic N) is 1. The number of Topliss-reactive ketones (excluding diaryl/α,β-unsaturated/α-hetero) is 1. The number of ether oxygens (including phenoxy) is 1. The minimum Gasteiger partial charge on any atom is -0.507 e. The molecule has 0 aliphatic carbocycles. The zero-order valence-electron chi connectivity index (χ0n) is 19.9. The van der Waals surface area contributed by atoms with E-state index in [9.17, 15) is 19.8 Å². The number of phenolic OH excluding ortho intramolecular Hbond substituents is 2. The number of carbonyl (C=O) groups is 2. The van der Waals surface area contributed by atoms with Gasteiger partial charge in [-0.2, -0.15) is 0 Å². The highest BCUT2D eigenvalue weighted by Gasteiger charge is 2.40. The van der Waals surface area contributed by atoms with Crippen molar-refractivity contribution in [2.24, 2.45) is 10.7 Å². The first kappa shape index (κ1) is 26.6. The van der Waals surface area contributed by atoms with Crippen LogP contribution in [-0.4, -0.2) is 46.4 Å². The third kappa shape index (κ3) is 6.68. The number of rotatable bonds is 9. The fourth-order valence-corrected chi connectivity index (χ4v) is 3.84. The van der Waals surface area contributed by atoms with Crippen LogP contribution in [0.5, 0.6) is 11.5 Å². The summed E-state index contributed by atoms with van der Waals surface area (Å²) in [6.45, 7) is 8.98. The van der Waals surface area contributed by atoms with Gasteiger partial charge in [0.25, 0.3) is 0 Å². The molecule has 1 atom stereocenters. The first-order valence-corrected chi connectivity index (χ1v) is 11.3. The Balaban J connectivity index is 2.09. The molecule has 4 N–H and O–H groups in total. The van der Waals surface area contributed by atoms with Crippen LogP contribution in [-0.2, 0) is 20.7 Å². The van der Waals surface area contributed by atoms with Gasteiger partial charge in [0.15, 0.2) is 5.78 Å². The van der Waals surface area contributed by atoms with Crippen LogP contribution in [0.4, 0.5) is 0 Å². The van der Waals surface area contributed by atoms with Gasteiger partial charge in [0.1, 0.15) is 23.6 Å². The summed E-state index contributed by atoms with van der Waals surface area (Å²) in [7, 11) is 0. The predicted octanol–water partition coefficient (Wildman–Crippen LogP) is 4.32. The number of halogens is 1. The Morgan fingerprint density at radius 2 is 1.94 bits per heavy atom. The van der Waals surface area contributed by atoms with Crippen molar-refractivity contribution >= 4 is 29.5 Å². The molecule has 0 aromatic heterocycles. The van der Waals surface area contributed by atoms with Crippen LogP contribution < -0.4 is 5.73 Å². The van der Waals surface area contributed by atoms with Crippen LogP contribution in [0.2, 0.25) is 5.02 Å². The quantitative estimate of drug-likeness (QED) is 0.362. The molecule has 0 radical (unpaired) electrons. The maximum absolute atomic E-state index is 12.0. The number of aromatic hydroxyl groups is 2. The number of ketones is 1. The van der Waals surface area contributed by atoms with E-state index in [-0.39, 0.29) is 46.9 Å². The van der Waals surface area contributed by atoms with E-state index in [0.29, 0.717) is 17.5 Å². The fourth-order valence-electron chi connectivity index (χ4n) is 3.63. The van der Waals surface area contributed by atoms with E-state index in [1.165, 1.54) is 6.21 Å². The number of amides is 1. The molecule has 0 spiro atoms. The van der Waals surface area contributed by atoms with Crippen LogP contribution in [0.15, 0.2) is 28.3 Å². The van der Waals surface area contributed by atoms with Gasteiger partial charge in [-0.25, -0.2) is 0 Å². The number of phenols is 2. The summed E-state index contributed by atoms with van der Waals surface area (Å²) in [5, 5.41) is 21.3. The molecular weight excluding hydrogens is 444 g/mol. The lowest BCUT2D eigenvalue weighted by Crippen LogP contribution is -2.27. The summed E-state index contributed by atoms with van der Waals surface area (Å²) in [4.78, 5) is 26.8. The van der Waals surface area contributed by atoms with E-state index in [1.807, 2.05) is 19.9 Å². The minimum absolute atomic E-state index is 0.117. The van der Waals surface area contributed by atoms with Gasteiger partial charge in [0, 0.05) is 23.8 Å². The number of hydrogen-bond acceptors (Lipinski definition) is 6. The molecule has 0 bridgehead atoms. The second kappa shape index (κ2) is 11.0. The Labute approximate surface area is 200 Å². The van der Waals surface area contributed by atoms with Crippen molar-refractivity contribution in [1.29, 1.82) is 0 Å². The van der Waals surface area contributed by atoms with E-state index < -0.39 is 11.5 Å². The van der Waals surface area contributed by atoms with Gasteiger partial charge >= 0.3 is 0 Å². The first-order valence-electron chi connectivity index (χ1n) is 10.9. The van der Waals surface area contributed by atoms with Gasteiger partial charge in [0.05, 0.1) is 11.1 Å². The Bertz CT molecular complexity index is 1020. The molecule has 7 nitrogen and oxygen atoms in total. The molecular formula is C25H33ClN2O5. The number of aliphatic imine (C=N–C) groups is 1. The smallest absolute Gasteiger partial charge is 0.239 e. The van der Waals surface area contributed by atoms with Crippen LogP contribution in [0.25, 0.3) is 0 Å². The molecule has 180 valence electrons.